The van der Waals surface area contributed by atoms with Crippen LogP contribution in [0.4, 0.5) is 0 Å². The van der Waals surface area contributed by atoms with Gasteiger partial charge in [0.15, 0.2) is 0 Å². The van der Waals surface area contributed by atoms with Gasteiger partial charge < -0.3 is 15.5 Å². The van der Waals surface area contributed by atoms with E-state index >= 15 is 0 Å². The minimum atomic E-state index is -3.97. The summed E-state index contributed by atoms with van der Waals surface area (Å²) in [5, 5.41) is 5.18. The lowest BCUT2D eigenvalue weighted by Gasteiger charge is -2.08. The molecule has 0 atom stereocenters. The Morgan fingerprint density at radius 1 is 1.00 bits per heavy atom. The summed E-state index contributed by atoms with van der Waals surface area (Å²) in [5.74, 6) is 0.857. The van der Waals surface area contributed by atoms with Crippen LogP contribution in [0.3, 0.4) is 0 Å². The number of nitrogens with two attached hydrogens (primary N) is 2. The van der Waals surface area contributed by atoms with Crippen LogP contribution in [-0.2, 0) is 10.0 Å². The van der Waals surface area contributed by atoms with Crippen molar-refractivity contribution in [3.8, 4) is 22.9 Å². The molecule has 0 bridgehead atoms. The third kappa shape index (κ3) is 3.99. The van der Waals surface area contributed by atoms with Gasteiger partial charge in [-0.2, -0.15) is 0 Å². The number of nitrogens with zero attached hydrogens (tertiary/aromatic N) is 1. The lowest BCUT2D eigenvalue weighted by molar-refractivity contribution is 0.100. The van der Waals surface area contributed by atoms with Crippen LogP contribution in [0.15, 0.2) is 65.6 Å². The maximum atomic E-state index is 11.6. The minimum absolute atomic E-state index is 0.0181. The molecule has 1 aromatic heterocycles. The SMILES string of the molecule is NC(=O)c1ccc2nc(-c3ccc(Oc4ccc(Cl)c(S(N)(=O)=O)c4)cc3)[nH]c2c1. The maximum absolute atomic E-state index is 11.6. The highest BCUT2D eigenvalue weighted by Crippen LogP contribution is 2.30. The van der Waals surface area contributed by atoms with Gasteiger partial charge in [-0.25, -0.2) is 18.5 Å². The molecule has 0 spiro atoms. The Hall–Kier alpha value is -3.40. The number of aromatic nitrogens is 2. The van der Waals surface area contributed by atoms with E-state index in [1.54, 1.807) is 48.5 Å². The number of aromatic amines is 1. The Morgan fingerprint density at radius 2 is 1.70 bits per heavy atom. The molecule has 4 aromatic rings. The Morgan fingerprint density at radius 3 is 2.37 bits per heavy atom. The molecule has 152 valence electrons. The van der Waals surface area contributed by atoms with Crippen molar-refractivity contribution in [2.24, 2.45) is 10.9 Å². The smallest absolute Gasteiger partial charge is 0.248 e. The number of hydrogen-bond acceptors (Lipinski definition) is 5. The summed E-state index contributed by atoms with van der Waals surface area (Å²) < 4.78 is 28.9. The van der Waals surface area contributed by atoms with Gasteiger partial charge >= 0.3 is 0 Å². The van der Waals surface area contributed by atoms with Crippen LogP contribution >= 0.6 is 11.6 Å². The zero-order valence-electron chi connectivity index (χ0n) is 15.3. The summed E-state index contributed by atoms with van der Waals surface area (Å²) >= 11 is 5.88. The van der Waals surface area contributed by atoms with E-state index in [1.165, 1.54) is 12.1 Å². The highest BCUT2D eigenvalue weighted by Gasteiger charge is 2.14. The third-order valence-corrected chi connectivity index (χ3v) is 5.73. The Balaban J connectivity index is 1.59. The van der Waals surface area contributed by atoms with E-state index in [-0.39, 0.29) is 15.7 Å². The normalized spacial score (nSPS) is 11.5. The fourth-order valence-electron chi connectivity index (χ4n) is 2.88. The molecule has 0 fully saturated rings. The van der Waals surface area contributed by atoms with Crippen LogP contribution in [-0.4, -0.2) is 24.3 Å². The molecular formula is C20H15ClN4O4S. The molecule has 0 saturated heterocycles. The van der Waals surface area contributed by atoms with Crippen molar-refractivity contribution in [1.82, 2.24) is 9.97 Å². The van der Waals surface area contributed by atoms with E-state index in [0.717, 1.165) is 5.56 Å². The first-order chi connectivity index (χ1) is 14.2. The van der Waals surface area contributed by atoms with Gasteiger partial charge in [0.1, 0.15) is 22.2 Å². The molecule has 1 amide bonds. The molecule has 30 heavy (non-hydrogen) atoms. The number of H-pyrrole nitrogens is 1. The molecule has 5 N–H and O–H groups in total. The number of amides is 1. The number of fused-ring (bicyclic) bond motifs is 1. The summed E-state index contributed by atoms with van der Waals surface area (Å²) in [6, 6.07) is 16.2. The number of primary amides is 1. The van der Waals surface area contributed by atoms with Crippen molar-refractivity contribution in [2.45, 2.75) is 4.90 Å². The highest BCUT2D eigenvalue weighted by atomic mass is 35.5. The molecule has 1 heterocycles. The Bertz CT molecular complexity index is 1380. The van der Waals surface area contributed by atoms with E-state index in [2.05, 4.69) is 9.97 Å². The molecule has 3 aromatic carbocycles. The average molecular weight is 443 g/mol. The van der Waals surface area contributed by atoms with Gasteiger partial charge in [0, 0.05) is 17.2 Å². The van der Waals surface area contributed by atoms with Gasteiger partial charge in [-0.1, -0.05) is 11.6 Å². The molecule has 8 nitrogen and oxygen atoms in total. The van der Waals surface area contributed by atoms with Gasteiger partial charge in [-0.3, -0.25) is 4.79 Å². The van der Waals surface area contributed by atoms with Crippen LogP contribution in [0, 0.1) is 0 Å². The molecule has 0 aliphatic heterocycles. The highest BCUT2D eigenvalue weighted by molar-refractivity contribution is 7.89. The number of ether oxygens (including phenoxy) is 1. The third-order valence-electron chi connectivity index (χ3n) is 4.34. The largest absolute Gasteiger partial charge is 0.457 e. The molecule has 10 heteroatoms. The molecule has 4 rings (SSSR count). The first-order valence-electron chi connectivity index (χ1n) is 8.61. The number of carbonyl (C=O) groups is 1. The zero-order chi connectivity index (χ0) is 21.5. The number of primary sulfonamides is 1. The predicted octanol–water partition coefficient (Wildman–Crippen LogP) is 3.42. The summed E-state index contributed by atoms with van der Waals surface area (Å²) in [6.07, 6.45) is 0. The van der Waals surface area contributed by atoms with Gasteiger partial charge in [-0.05, 0) is 54.6 Å². The summed E-state index contributed by atoms with van der Waals surface area (Å²) in [4.78, 5) is 18.8. The number of hydrogen-bond donors (Lipinski definition) is 3. The molecule has 0 aliphatic carbocycles. The van der Waals surface area contributed by atoms with Gasteiger partial charge in [-0.15, -0.1) is 0 Å². The van der Waals surface area contributed by atoms with E-state index < -0.39 is 15.9 Å². The average Bonchev–Trinajstić information content (AvgIpc) is 3.12. The number of sulfonamides is 1. The summed E-state index contributed by atoms with van der Waals surface area (Å²) in [7, 11) is -3.97. The van der Waals surface area contributed by atoms with E-state index in [0.29, 0.717) is 28.2 Å². The second kappa shape index (κ2) is 7.45. The van der Waals surface area contributed by atoms with Crippen molar-refractivity contribution < 1.29 is 17.9 Å². The molecule has 0 aliphatic rings. The molecular weight excluding hydrogens is 428 g/mol. The number of nitrogens with one attached hydrogen (secondary N) is 1. The van der Waals surface area contributed by atoms with Crippen LogP contribution in [0.1, 0.15) is 10.4 Å². The zero-order valence-corrected chi connectivity index (χ0v) is 16.9. The standard InChI is InChI=1S/C20H15ClN4O4S/c21-15-7-6-14(10-18(15)30(23,27)28)29-13-4-1-11(2-5-13)20-24-16-8-3-12(19(22)26)9-17(16)25-20/h1-10H,(H2,22,26)(H,24,25)(H2,23,27,28). The van der Waals surface area contributed by atoms with E-state index in [1.807, 2.05) is 0 Å². The van der Waals surface area contributed by atoms with Crippen LogP contribution in [0.2, 0.25) is 5.02 Å². The van der Waals surface area contributed by atoms with Gasteiger partial charge in [0.2, 0.25) is 15.9 Å². The number of imidazole rings is 1. The Labute approximate surface area is 176 Å². The van der Waals surface area contributed by atoms with Crippen molar-refractivity contribution >= 4 is 38.6 Å². The van der Waals surface area contributed by atoms with Crippen LogP contribution < -0.4 is 15.6 Å². The second-order valence-corrected chi connectivity index (χ2v) is 8.38. The second-order valence-electron chi connectivity index (χ2n) is 6.45. The van der Waals surface area contributed by atoms with Crippen molar-refractivity contribution in [2.75, 3.05) is 0 Å². The van der Waals surface area contributed by atoms with Crippen LogP contribution in [0.5, 0.6) is 11.5 Å². The summed E-state index contributed by atoms with van der Waals surface area (Å²) in [6.45, 7) is 0. The first kappa shape index (κ1) is 19.9. The predicted molar refractivity (Wildman–Crippen MR) is 113 cm³/mol. The quantitative estimate of drug-likeness (QED) is 0.434. The van der Waals surface area contributed by atoms with Crippen molar-refractivity contribution in [1.29, 1.82) is 0 Å². The topological polar surface area (TPSA) is 141 Å². The number of rotatable bonds is 5. The Kier molecular flexibility index (Phi) is 4.94. The minimum Gasteiger partial charge on any atom is -0.457 e. The van der Waals surface area contributed by atoms with Gasteiger partial charge in [0.25, 0.3) is 0 Å². The lowest BCUT2D eigenvalue weighted by Crippen LogP contribution is -2.12. The first-order valence-corrected chi connectivity index (χ1v) is 10.5. The molecule has 0 saturated carbocycles. The maximum Gasteiger partial charge on any atom is 0.248 e. The fourth-order valence-corrected chi connectivity index (χ4v) is 3.94. The number of halogens is 1. The number of benzene rings is 3. The van der Waals surface area contributed by atoms with Crippen molar-refractivity contribution in [3.63, 3.8) is 0 Å². The lowest BCUT2D eigenvalue weighted by atomic mass is 10.2. The van der Waals surface area contributed by atoms with E-state index in [4.69, 9.17) is 27.2 Å². The molecule has 0 unspecified atom stereocenters. The van der Waals surface area contributed by atoms with Crippen molar-refractivity contribution in [3.05, 3.63) is 71.2 Å². The number of carbonyl (C=O) groups excluding carboxylic acids is 1. The monoisotopic (exact) mass is 442 g/mol. The van der Waals surface area contributed by atoms with E-state index in [9.17, 15) is 13.2 Å². The van der Waals surface area contributed by atoms with Crippen LogP contribution in [0.25, 0.3) is 22.4 Å². The summed E-state index contributed by atoms with van der Waals surface area (Å²) in [5.41, 5.74) is 7.89. The van der Waals surface area contributed by atoms with Gasteiger partial charge in [0.05, 0.1) is 16.1 Å². The fraction of sp³-hybridized carbons (Fsp3) is 0. The molecule has 0 radical (unpaired) electrons.